The molecule has 3 nitrogen and oxygen atoms in total. The van der Waals surface area contributed by atoms with Gasteiger partial charge in [-0.3, -0.25) is 0 Å². The molecule has 0 heterocycles. The average Bonchev–Trinajstić information content (AvgIpc) is 2.58. The van der Waals surface area contributed by atoms with Crippen molar-refractivity contribution in [2.75, 3.05) is 12.5 Å². The third-order valence-corrected chi connectivity index (χ3v) is 3.02. The Bertz CT molecular complexity index is 606. The van der Waals surface area contributed by atoms with Crippen LogP contribution in [0.2, 0.25) is 0 Å². The molecule has 0 bridgehead atoms. The molecule has 0 saturated heterocycles. The first-order valence-electron chi connectivity index (χ1n) is 6.95. The molecule has 2 aromatic carbocycles. The fourth-order valence-electron chi connectivity index (χ4n) is 1.77. The van der Waals surface area contributed by atoms with E-state index in [0.29, 0.717) is 12.5 Å². The van der Waals surface area contributed by atoms with E-state index in [1.807, 2.05) is 54.6 Å². The third-order valence-electron chi connectivity index (χ3n) is 2.86. The second-order valence-electron chi connectivity index (χ2n) is 4.53. The molecular weight excluding hydrogens is 300 g/mol. The largest absolute Gasteiger partial charge is 0.489 e. The van der Waals surface area contributed by atoms with Gasteiger partial charge in [-0.05, 0) is 29.3 Å². The van der Waals surface area contributed by atoms with Crippen molar-refractivity contribution in [3.05, 3.63) is 71.8 Å². The fourth-order valence-corrected chi connectivity index (χ4v) is 1.84. The molecule has 0 amide bonds. The summed E-state index contributed by atoms with van der Waals surface area (Å²) in [5.74, 6) is 0.684. The van der Waals surface area contributed by atoms with Crippen molar-refractivity contribution >= 4 is 23.6 Å². The van der Waals surface area contributed by atoms with Crippen LogP contribution in [0.1, 0.15) is 11.1 Å². The summed E-state index contributed by atoms with van der Waals surface area (Å²) in [6.45, 7) is 0.748. The van der Waals surface area contributed by atoms with E-state index in [0.717, 1.165) is 16.9 Å². The van der Waals surface area contributed by atoms with Gasteiger partial charge in [0.15, 0.2) is 0 Å². The van der Waals surface area contributed by atoms with Gasteiger partial charge in [0.25, 0.3) is 0 Å². The van der Waals surface area contributed by atoms with E-state index in [4.69, 9.17) is 21.1 Å². The van der Waals surface area contributed by atoms with Gasteiger partial charge in [-0.1, -0.05) is 42.5 Å². The van der Waals surface area contributed by atoms with Gasteiger partial charge in [0.05, 0.1) is 5.88 Å². The lowest BCUT2D eigenvalue weighted by Crippen LogP contribution is -2.02. The third kappa shape index (κ3) is 5.62. The van der Waals surface area contributed by atoms with E-state index in [1.165, 1.54) is 6.08 Å². The molecular formula is C18H17ClO3. The molecule has 2 aromatic rings. The minimum atomic E-state index is -0.398. The average molecular weight is 317 g/mol. The molecule has 0 spiro atoms. The van der Waals surface area contributed by atoms with Gasteiger partial charge < -0.3 is 9.47 Å². The molecule has 114 valence electrons. The summed E-state index contributed by atoms with van der Waals surface area (Å²) in [7, 11) is 0. The highest BCUT2D eigenvalue weighted by Gasteiger charge is 1.98. The van der Waals surface area contributed by atoms with Crippen molar-refractivity contribution in [3.63, 3.8) is 0 Å². The van der Waals surface area contributed by atoms with E-state index in [-0.39, 0.29) is 6.61 Å². The van der Waals surface area contributed by atoms with Crippen molar-refractivity contribution in [3.8, 4) is 5.75 Å². The number of hydrogen-bond acceptors (Lipinski definition) is 3. The second kappa shape index (κ2) is 8.90. The van der Waals surface area contributed by atoms with Gasteiger partial charge in [-0.2, -0.15) is 0 Å². The maximum Gasteiger partial charge on any atom is 0.330 e. The number of alkyl halides is 1. The summed E-state index contributed by atoms with van der Waals surface area (Å²) in [5, 5.41) is 0. The SMILES string of the molecule is O=C(/C=C/c1ccc(OCc2ccccc2)cc1)OCCCl. The number of carbonyl (C=O) groups excluding carboxylic acids is 1. The number of hydrogen-bond donors (Lipinski definition) is 0. The predicted molar refractivity (Wildman–Crippen MR) is 87.9 cm³/mol. The van der Waals surface area contributed by atoms with Crippen molar-refractivity contribution in [2.45, 2.75) is 6.61 Å². The summed E-state index contributed by atoms with van der Waals surface area (Å²) >= 11 is 5.44. The van der Waals surface area contributed by atoms with E-state index in [9.17, 15) is 4.79 Å². The Morgan fingerprint density at radius 2 is 1.77 bits per heavy atom. The first-order chi connectivity index (χ1) is 10.8. The van der Waals surface area contributed by atoms with E-state index < -0.39 is 5.97 Å². The normalized spacial score (nSPS) is 10.6. The molecule has 2 rings (SSSR count). The minimum absolute atomic E-state index is 0.219. The van der Waals surface area contributed by atoms with Crippen LogP contribution in [0.3, 0.4) is 0 Å². The molecule has 0 aliphatic rings. The highest BCUT2D eigenvalue weighted by molar-refractivity contribution is 6.18. The quantitative estimate of drug-likeness (QED) is 0.439. The Labute approximate surface area is 135 Å². The number of benzene rings is 2. The van der Waals surface area contributed by atoms with Crippen molar-refractivity contribution in [1.82, 2.24) is 0 Å². The van der Waals surface area contributed by atoms with Crippen LogP contribution in [0.25, 0.3) is 6.08 Å². The van der Waals surface area contributed by atoms with E-state index in [2.05, 4.69) is 0 Å². The molecule has 0 atom stereocenters. The van der Waals surface area contributed by atoms with Gasteiger partial charge >= 0.3 is 5.97 Å². The zero-order valence-corrected chi connectivity index (χ0v) is 12.8. The van der Waals surface area contributed by atoms with E-state index >= 15 is 0 Å². The first-order valence-corrected chi connectivity index (χ1v) is 7.49. The number of rotatable bonds is 7. The predicted octanol–water partition coefficient (Wildman–Crippen LogP) is 4.06. The lowest BCUT2D eigenvalue weighted by Gasteiger charge is -2.06. The Morgan fingerprint density at radius 3 is 2.45 bits per heavy atom. The highest BCUT2D eigenvalue weighted by Crippen LogP contribution is 2.15. The van der Waals surface area contributed by atoms with Crippen LogP contribution in [-0.2, 0) is 16.1 Å². The standard InChI is InChI=1S/C18H17ClO3/c19-12-13-21-18(20)11-8-15-6-9-17(10-7-15)22-14-16-4-2-1-3-5-16/h1-11H,12-14H2/b11-8+. The van der Waals surface area contributed by atoms with Crippen molar-refractivity contribution < 1.29 is 14.3 Å². The van der Waals surface area contributed by atoms with Crippen molar-refractivity contribution in [2.24, 2.45) is 0 Å². The molecule has 0 aromatic heterocycles. The monoisotopic (exact) mass is 316 g/mol. The van der Waals surface area contributed by atoms with Crippen LogP contribution in [0.15, 0.2) is 60.7 Å². The number of esters is 1. The Kier molecular flexibility index (Phi) is 6.52. The molecule has 0 radical (unpaired) electrons. The van der Waals surface area contributed by atoms with E-state index in [1.54, 1.807) is 6.08 Å². The zero-order chi connectivity index (χ0) is 15.6. The number of carbonyl (C=O) groups is 1. The maximum atomic E-state index is 11.3. The van der Waals surface area contributed by atoms with Gasteiger partial charge in [0.2, 0.25) is 0 Å². The van der Waals surface area contributed by atoms with Crippen LogP contribution in [-0.4, -0.2) is 18.5 Å². The van der Waals surface area contributed by atoms with Gasteiger partial charge in [0.1, 0.15) is 19.0 Å². The molecule has 0 fully saturated rings. The van der Waals surface area contributed by atoms with Crippen LogP contribution < -0.4 is 4.74 Å². The number of halogens is 1. The first kappa shape index (κ1) is 16.1. The van der Waals surface area contributed by atoms with Crippen molar-refractivity contribution in [1.29, 1.82) is 0 Å². The lowest BCUT2D eigenvalue weighted by molar-refractivity contribution is -0.137. The molecule has 4 heteroatoms. The van der Waals surface area contributed by atoms with Gasteiger partial charge in [-0.25, -0.2) is 4.79 Å². The summed E-state index contributed by atoms with van der Waals surface area (Å²) < 4.78 is 10.5. The Balaban J connectivity index is 1.85. The lowest BCUT2D eigenvalue weighted by atomic mass is 10.2. The van der Waals surface area contributed by atoms with Gasteiger partial charge in [0, 0.05) is 6.08 Å². The van der Waals surface area contributed by atoms with Crippen LogP contribution >= 0.6 is 11.6 Å². The molecule has 22 heavy (non-hydrogen) atoms. The Hall–Kier alpha value is -2.26. The van der Waals surface area contributed by atoms with Crippen LogP contribution in [0, 0.1) is 0 Å². The number of ether oxygens (including phenoxy) is 2. The maximum absolute atomic E-state index is 11.3. The summed E-state index contributed by atoms with van der Waals surface area (Å²) in [4.78, 5) is 11.3. The zero-order valence-electron chi connectivity index (χ0n) is 12.1. The summed E-state index contributed by atoms with van der Waals surface area (Å²) in [6, 6.07) is 17.5. The highest BCUT2D eigenvalue weighted by atomic mass is 35.5. The smallest absolute Gasteiger partial charge is 0.330 e. The van der Waals surface area contributed by atoms with Gasteiger partial charge in [-0.15, -0.1) is 11.6 Å². The molecule has 0 aliphatic carbocycles. The molecule has 0 N–H and O–H groups in total. The molecule has 0 saturated carbocycles. The fraction of sp³-hybridized carbons (Fsp3) is 0.167. The molecule has 0 aliphatic heterocycles. The summed E-state index contributed by atoms with van der Waals surface area (Å²) in [5.41, 5.74) is 2.02. The summed E-state index contributed by atoms with van der Waals surface area (Å²) in [6.07, 6.45) is 3.07. The van der Waals surface area contributed by atoms with Crippen LogP contribution in [0.5, 0.6) is 5.75 Å². The second-order valence-corrected chi connectivity index (χ2v) is 4.91. The topological polar surface area (TPSA) is 35.5 Å². The Morgan fingerprint density at radius 1 is 1.05 bits per heavy atom. The van der Waals surface area contributed by atoms with Crippen LogP contribution in [0.4, 0.5) is 0 Å². The minimum Gasteiger partial charge on any atom is -0.489 e. The molecule has 0 unspecified atom stereocenters.